The summed E-state index contributed by atoms with van der Waals surface area (Å²) in [6.07, 6.45) is 0. The van der Waals surface area contributed by atoms with Crippen molar-refractivity contribution in [3.05, 3.63) is 74.2 Å². The Bertz CT molecular complexity index is 718. The van der Waals surface area contributed by atoms with Crippen molar-refractivity contribution in [2.75, 3.05) is 7.05 Å². The molecule has 0 aliphatic rings. The van der Waals surface area contributed by atoms with Gasteiger partial charge in [0.1, 0.15) is 0 Å². The summed E-state index contributed by atoms with van der Waals surface area (Å²) in [7, 11) is 1.69. The van der Waals surface area contributed by atoms with E-state index in [1.54, 1.807) is 42.3 Å². The molecule has 22 heavy (non-hydrogen) atoms. The zero-order chi connectivity index (χ0) is 16.3. The fraction of sp³-hybridized carbons (Fsp3) is 0.188. The number of hydrogen-bond acceptors (Lipinski definition) is 3. The Kier molecular flexibility index (Phi) is 4.92. The quantitative estimate of drug-likeness (QED) is 0.604. The molecule has 0 N–H and O–H groups in total. The molecular weight excluding hydrogens is 348 g/mol. The smallest absolute Gasteiger partial charge is 0.269 e. The lowest BCUT2D eigenvalue weighted by molar-refractivity contribution is -0.384. The average molecular weight is 363 g/mol. The first-order valence-corrected chi connectivity index (χ1v) is 7.46. The molecule has 2 aromatic carbocycles. The van der Waals surface area contributed by atoms with Gasteiger partial charge in [-0.3, -0.25) is 14.9 Å². The molecule has 0 saturated heterocycles. The molecule has 1 atom stereocenters. The van der Waals surface area contributed by atoms with E-state index in [4.69, 9.17) is 0 Å². The fourth-order valence-corrected chi connectivity index (χ4v) is 2.52. The van der Waals surface area contributed by atoms with Gasteiger partial charge in [-0.2, -0.15) is 0 Å². The molecule has 0 fully saturated rings. The van der Waals surface area contributed by atoms with E-state index >= 15 is 0 Å². The summed E-state index contributed by atoms with van der Waals surface area (Å²) < 4.78 is 0.828. The summed E-state index contributed by atoms with van der Waals surface area (Å²) in [6, 6.07) is 13.2. The summed E-state index contributed by atoms with van der Waals surface area (Å²) >= 11 is 3.34. The Morgan fingerprint density at radius 2 is 1.91 bits per heavy atom. The number of amides is 1. The maximum Gasteiger partial charge on any atom is 0.269 e. The van der Waals surface area contributed by atoms with E-state index in [1.165, 1.54) is 12.1 Å². The van der Waals surface area contributed by atoms with Gasteiger partial charge in [-0.1, -0.05) is 34.1 Å². The molecule has 6 heteroatoms. The van der Waals surface area contributed by atoms with Crippen LogP contribution in [-0.4, -0.2) is 22.8 Å². The average Bonchev–Trinajstić information content (AvgIpc) is 2.52. The fourth-order valence-electron chi connectivity index (χ4n) is 2.12. The highest BCUT2D eigenvalue weighted by Gasteiger charge is 2.20. The van der Waals surface area contributed by atoms with Crippen LogP contribution in [0, 0.1) is 10.1 Å². The van der Waals surface area contributed by atoms with Crippen LogP contribution in [0.25, 0.3) is 0 Å². The standard InChI is InChI=1S/C16H15BrN2O3/c1-11(12-5-4-8-15(10-12)19(21)22)18(2)16(20)13-6-3-7-14(17)9-13/h3-11H,1-2H3/t11-/m1/s1. The molecule has 114 valence electrons. The second-order valence-corrected chi connectivity index (χ2v) is 5.87. The third-order valence-electron chi connectivity index (χ3n) is 3.54. The van der Waals surface area contributed by atoms with Crippen LogP contribution in [0.3, 0.4) is 0 Å². The molecule has 0 radical (unpaired) electrons. The van der Waals surface area contributed by atoms with E-state index in [2.05, 4.69) is 15.9 Å². The molecule has 0 heterocycles. The van der Waals surface area contributed by atoms with Crippen LogP contribution in [0.4, 0.5) is 5.69 Å². The lowest BCUT2D eigenvalue weighted by Crippen LogP contribution is -2.29. The number of nitro groups is 1. The van der Waals surface area contributed by atoms with Gasteiger partial charge in [0.05, 0.1) is 11.0 Å². The van der Waals surface area contributed by atoms with Gasteiger partial charge in [-0.05, 0) is 30.7 Å². The Morgan fingerprint density at radius 1 is 1.23 bits per heavy atom. The number of carbonyl (C=O) groups excluding carboxylic acids is 1. The third-order valence-corrected chi connectivity index (χ3v) is 4.03. The highest BCUT2D eigenvalue weighted by atomic mass is 79.9. The SMILES string of the molecule is C[C@H](c1cccc([N+](=O)[O-])c1)N(C)C(=O)c1cccc(Br)c1. The number of non-ortho nitro benzene ring substituents is 1. The predicted octanol–water partition coefficient (Wildman–Crippen LogP) is 4.19. The molecular formula is C16H15BrN2O3. The van der Waals surface area contributed by atoms with Crippen LogP contribution in [0.2, 0.25) is 0 Å². The van der Waals surface area contributed by atoms with Crippen molar-refractivity contribution in [3.8, 4) is 0 Å². The number of carbonyl (C=O) groups is 1. The largest absolute Gasteiger partial charge is 0.335 e. The summed E-state index contributed by atoms with van der Waals surface area (Å²) in [5.41, 5.74) is 1.31. The highest BCUT2D eigenvalue weighted by Crippen LogP contribution is 2.24. The number of nitro benzene ring substituents is 1. The molecule has 0 spiro atoms. The topological polar surface area (TPSA) is 63.5 Å². The van der Waals surface area contributed by atoms with Gasteiger partial charge >= 0.3 is 0 Å². The number of halogens is 1. The van der Waals surface area contributed by atoms with Crippen molar-refractivity contribution in [2.24, 2.45) is 0 Å². The van der Waals surface area contributed by atoms with E-state index in [-0.39, 0.29) is 17.6 Å². The minimum absolute atomic E-state index is 0.0210. The second-order valence-electron chi connectivity index (χ2n) is 4.95. The molecule has 0 aromatic heterocycles. The van der Waals surface area contributed by atoms with Crippen LogP contribution >= 0.6 is 15.9 Å². The Hall–Kier alpha value is -2.21. The van der Waals surface area contributed by atoms with E-state index in [0.29, 0.717) is 5.56 Å². The van der Waals surface area contributed by atoms with Crippen LogP contribution in [-0.2, 0) is 0 Å². The monoisotopic (exact) mass is 362 g/mol. The highest BCUT2D eigenvalue weighted by molar-refractivity contribution is 9.10. The van der Waals surface area contributed by atoms with Crippen LogP contribution in [0.5, 0.6) is 0 Å². The minimum Gasteiger partial charge on any atom is -0.335 e. The Labute approximate surface area is 136 Å². The van der Waals surface area contributed by atoms with Crippen LogP contribution < -0.4 is 0 Å². The van der Waals surface area contributed by atoms with E-state index < -0.39 is 4.92 Å². The molecule has 0 aliphatic carbocycles. The first kappa shape index (κ1) is 16.2. The van der Waals surface area contributed by atoms with E-state index in [9.17, 15) is 14.9 Å². The van der Waals surface area contributed by atoms with Crippen LogP contribution in [0.1, 0.15) is 28.9 Å². The van der Waals surface area contributed by atoms with Crippen molar-refractivity contribution in [2.45, 2.75) is 13.0 Å². The zero-order valence-electron chi connectivity index (χ0n) is 12.2. The van der Waals surface area contributed by atoms with E-state index in [0.717, 1.165) is 10.0 Å². The van der Waals surface area contributed by atoms with Gasteiger partial charge in [-0.15, -0.1) is 0 Å². The van der Waals surface area contributed by atoms with Gasteiger partial charge in [0.15, 0.2) is 0 Å². The summed E-state index contributed by atoms with van der Waals surface area (Å²) in [6.45, 7) is 1.84. The minimum atomic E-state index is -0.438. The number of hydrogen-bond donors (Lipinski definition) is 0. The first-order valence-electron chi connectivity index (χ1n) is 6.67. The Balaban J connectivity index is 2.25. The molecule has 0 saturated carbocycles. The summed E-state index contributed by atoms with van der Waals surface area (Å²) in [4.78, 5) is 24.5. The molecule has 2 rings (SSSR count). The van der Waals surface area contributed by atoms with Crippen LogP contribution in [0.15, 0.2) is 53.0 Å². The van der Waals surface area contributed by atoms with Crippen molar-refractivity contribution in [3.63, 3.8) is 0 Å². The number of benzene rings is 2. The van der Waals surface area contributed by atoms with Gasteiger partial charge in [-0.25, -0.2) is 0 Å². The van der Waals surface area contributed by atoms with Gasteiger partial charge in [0, 0.05) is 29.2 Å². The zero-order valence-corrected chi connectivity index (χ0v) is 13.8. The normalized spacial score (nSPS) is 11.8. The molecule has 0 aliphatic heterocycles. The second kappa shape index (κ2) is 6.70. The van der Waals surface area contributed by atoms with Gasteiger partial charge in [0.2, 0.25) is 0 Å². The predicted molar refractivity (Wildman–Crippen MR) is 87.7 cm³/mol. The lowest BCUT2D eigenvalue weighted by atomic mass is 10.1. The number of rotatable bonds is 4. The van der Waals surface area contributed by atoms with Gasteiger partial charge < -0.3 is 4.90 Å². The number of nitrogens with zero attached hydrogens (tertiary/aromatic N) is 2. The Morgan fingerprint density at radius 3 is 2.55 bits per heavy atom. The molecule has 1 amide bonds. The molecule has 5 nitrogen and oxygen atoms in total. The van der Waals surface area contributed by atoms with Gasteiger partial charge in [0.25, 0.3) is 11.6 Å². The van der Waals surface area contributed by atoms with Crippen molar-refractivity contribution >= 4 is 27.5 Å². The van der Waals surface area contributed by atoms with Crippen molar-refractivity contribution < 1.29 is 9.72 Å². The molecule has 2 aromatic rings. The molecule has 0 unspecified atom stereocenters. The maximum absolute atomic E-state index is 12.5. The van der Waals surface area contributed by atoms with Crippen molar-refractivity contribution in [1.29, 1.82) is 0 Å². The first-order chi connectivity index (χ1) is 10.4. The summed E-state index contributed by atoms with van der Waals surface area (Å²) in [5.74, 6) is -0.139. The summed E-state index contributed by atoms with van der Waals surface area (Å²) in [5, 5.41) is 10.9. The lowest BCUT2D eigenvalue weighted by Gasteiger charge is -2.25. The third kappa shape index (κ3) is 3.51. The van der Waals surface area contributed by atoms with Crippen molar-refractivity contribution in [1.82, 2.24) is 4.90 Å². The maximum atomic E-state index is 12.5. The molecule has 0 bridgehead atoms. The van der Waals surface area contributed by atoms with E-state index in [1.807, 2.05) is 13.0 Å².